The number of nitrogens with zero attached hydrogens (tertiary/aromatic N) is 1. The normalized spacial score (nSPS) is 14.4. The first-order chi connectivity index (χ1) is 10.3. The third kappa shape index (κ3) is 2.19. The number of nitrogens with two attached hydrogens (primary N) is 1. The molecule has 0 radical (unpaired) electrons. The van der Waals surface area contributed by atoms with Gasteiger partial charge in [-0.25, -0.2) is 18.5 Å². The van der Waals surface area contributed by atoms with E-state index in [1.165, 1.54) is 24.3 Å². The van der Waals surface area contributed by atoms with Crippen molar-refractivity contribution in [2.24, 2.45) is 5.14 Å². The van der Waals surface area contributed by atoms with Crippen molar-refractivity contribution < 1.29 is 18.0 Å². The van der Waals surface area contributed by atoms with Crippen molar-refractivity contribution >= 4 is 39.1 Å². The summed E-state index contributed by atoms with van der Waals surface area (Å²) in [5, 5.41) is 5.14. The van der Waals surface area contributed by atoms with Gasteiger partial charge in [-0.15, -0.1) is 0 Å². The van der Waals surface area contributed by atoms with E-state index in [1.807, 2.05) is 0 Å². The van der Waals surface area contributed by atoms with E-state index >= 15 is 0 Å². The number of fused-ring (bicyclic) bond motifs is 1. The zero-order valence-electron chi connectivity index (χ0n) is 11.0. The smallest absolute Gasteiger partial charge is 0.266 e. The van der Waals surface area contributed by atoms with Crippen LogP contribution in [0.15, 0.2) is 47.4 Å². The molecule has 0 saturated heterocycles. The standard InChI is InChI=1S/C14H9ClN2O4S/c15-11-6-5-8(22(16,20)21)7-12(11)17-13(18)9-3-1-2-4-10(9)14(17)19/h1-7H,(H2,16,20,21). The molecule has 1 aliphatic heterocycles. The second kappa shape index (κ2) is 4.91. The molecule has 1 heterocycles. The Hall–Kier alpha value is -2.22. The number of anilines is 1. The molecule has 0 unspecified atom stereocenters. The summed E-state index contributed by atoms with van der Waals surface area (Å²) in [6.45, 7) is 0. The van der Waals surface area contributed by atoms with Gasteiger partial charge in [-0.2, -0.15) is 0 Å². The largest absolute Gasteiger partial charge is 0.268 e. The molecule has 0 atom stereocenters. The molecule has 0 bridgehead atoms. The second-order valence-corrected chi connectivity index (χ2v) is 6.62. The average Bonchev–Trinajstić information content (AvgIpc) is 2.71. The number of primary sulfonamides is 1. The fourth-order valence-corrected chi connectivity index (χ4v) is 2.98. The van der Waals surface area contributed by atoms with Crippen LogP contribution in [0.5, 0.6) is 0 Å². The molecular formula is C14H9ClN2O4S. The minimum absolute atomic E-state index is 0.0145. The third-order valence-corrected chi connectivity index (χ3v) is 4.51. The molecule has 1 aliphatic rings. The number of hydrogen-bond donors (Lipinski definition) is 1. The van der Waals surface area contributed by atoms with Crippen LogP contribution in [0.2, 0.25) is 5.02 Å². The van der Waals surface area contributed by atoms with Crippen molar-refractivity contribution in [1.82, 2.24) is 0 Å². The highest BCUT2D eigenvalue weighted by molar-refractivity contribution is 7.89. The Morgan fingerprint density at radius 2 is 1.50 bits per heavy atom. The van der Waals surface area contributed by atoms with Gasteiger partial charge in [0.25, 0.3) is 11.8 Å². The first-order valence-corrected chi connectivity index (χ1v) is 8.03. The van der Waals surface area contributed by atoms with Crippen molar-refractivity contribution in [3.05, 3.63) is 58.6 Å². The molecule has 0 aliphatic carbocycles. The first-order valence-electron chi connectivity index (χ1n) is 6.11. The van der Waals surface area contributed by atoms with E-state index < -0.39 is 21.8 Å². The van der Waals surface area contributed by atoms with Crippen LogP contribution in [0.4, 0.5) is 5.69 Å². The van der Waals surface area contributed by atoms with E-state index in [4.69, 9.17) is 16.7 Å². The molecule has 2 amide bonds. The minimum Gasteiger partial charge on any atom is -0.268 e. The highest BCUT2D eigenvalue weighted by atomic mass is 35.5. The summed E-state index contributed by atoms with van der Waals surface area (Å²) in [6.07, 6.45) is 0. The quantitative estimate of drug-likeness (QED) is 0.845. The van der Waals surface area contributed by atoms with Crippen LogP contribution in [-0.2, 0) is 10.0 Å². The number of benzene rings is 2. The maximum atomic E-state index is 12.4. The summed E-state index contributed by atoms with van der Waals surface area (Å²) in [4.78, 5) is 25.4. The van der Waals surface area contributed by atoms with E-state index in [1.54, 1.807) is 12.1 Å². The van der Waals surface area contributed by atoms with Crippen molar-refractivity contribution in [3.8, 4) is 0 Å². The van der Waals surface area contributed by atoms with Gasteiger partial charge in [-0.05, 0) is 30.3 Å². The summed E-state index contributed by atoms with van der Waals surface area (Å²) in [5.41, 5.74) is 0.466. The summed E-state index contributed by atoms with van der Waals surface area (Å²) in [5.74, 6) is -1.12. The number of carbonyl (C=O) groups is 2. The molecule has 0 spiro atoms. The minimum atomic E-state index is -3.98. The summed E-state index contributed by atoms with van der Waals surface area (Å²) < 4.78 is 22.9. The SMILES string of the molecule is NS(=O)(=O)c1ccc(Cl)c(N2C(=O)c3ccccc3C2=O)c1. The van der Waals surface area contributed by atoms with Gasteiger partial charge in [0.2, 0.25) is 10.0 Å². The predicted molar refractivity (Wildman–Crippen MR) is 80.4 cm³/mol. The lowest BCUT2D eigenvalue weighted by Gasteiger charge is -2.16. The van der Waals surface area contributed by atoms with Crippen molar-refractivity contribution in [2.45, 2.75) is 4.90 Å². The molecule has 22 heavy (non-hydrogen) atoms. The van der Waals surface area contributed by atoms with Gasteiger partial charge >= 0.3 is 0 Å². The van der Waals surface area contributed by atoms with Crippen molar-refractivity contribution in [1.29, 1.82) is 0 Å². The maximum absolute atomic E-state index is 12.4. The van der Waals surface area contributed by atoms with Crippen LogP contribution >= 0.6 is 11.6 Å². The van der Waals surface area contributed by atoms with Crippen LogP contribution in [0.1, 0.15) is 20.7 Å². The first kappa shape index (κ1) is 14.7. The lowest BCUT2D eigenvalue weighted by Crippen LogP contribution is -2.30. The van der Waals surface area contributed by atoms with E-state index in [0.717, 1.165) is 11.0 Å². The summed E-state index contributed by atoms with van der Waals surface area (Å²) in [7, 11) is -3.98. The van der Waals surface area contributed by atoms with Gasteiger partial charge in [0.15, 0.2) is 0 Å². The number of imide groups is 1. The predicted octanol–water partition coefficient (Wildman–Crippen LogP) is 1.79. The topological polar surface area (TPSA) is 97.5 Å². The Morgan fingerprint density at radius 1 is 0.955 bits per heavy atom. The van der Waals surface area contributed by atoms with Crippen LogP contribution in [0.3, 0.4) is 0 Å². The molecule has 2 N–H and O–H groups in total. The molecule has 0 fully saturated rings. The van der Waals surface area contributed by atoms with E-state index in [0.29, 0.717) is 0 Å². The number of sulfonamides is 1. The Balaban J connectivity index is 2.18. The molecule has 3 rings (SSSR count). The Bertz CT molecular complexity index is 889. The highest BCUT2D eigenvalue weighted by Crippen LogP contribution is 2.34. The zero-order valence-corrected chi connectivity index (χ0v) is 12.6. The van der Waals surface area contributed by atoms with E-state index in [2.05, 4.69) is 0 Å². The molecule has 2 aromatic carbocycles. The van der Waals surface area contributed by atoms with Crippen LogP contribution in [0.25, 0.3) is 0 Å². The van der Waals surface area contributed by atoms with E-state index in [-0.39, 0.29) is 26.7 Å². The van der Waals surface area contributed by atoms with Gasteiger partial charge in [-0.3, -0.25) is 9.59 Å². The molecule has 2 aromatic rings. The molecule has 6 nitrogen and oxygen atoms in total. The fourth-order valence-electron chi connectivity index (χ4n) is 2.25. The number of carbonyl (C=O) groups excluding carboxylic acids is 2. The Kier molecular flexibility index (Phi) is 3.28. The van der Waals surface area contributed by atoms with Gasteiger partial charge < -0.3 is 0 Å². The molecule has 0 saturated carbocycles. The molecule has 112 valence electrons. The number of rotatable bonds is 2. The monoisotopic (exact) mass is 336 g/mol. The summed E-state index contributed by atoms with van der Waals surface area (Å²) >= 11 is 6.02. The van der Waals surface area contributed by atoms with Crippen LogP contribution in [0, 0.1) is 0 Å². The lowest BCUT2D eigenvalue weighted by atomic mass is 10.1. The third-order valence-electron chi connectivity index (χ3n) is 3.28. The highest BCUT2D eigenvalue weighted by Gasteiger charge is 2.37. The zero-order chi connectivity index (χ0) is 16.1. The van der Waals surface area contributed by atoms with Gasteiger partial charge in [-0.1, -0.05) is 23.7 Å². The summed E-state index contributed by atoms with van der Waals surface area (Å²) in [6, 6.07) is 9.91. The maximum Gasteiger partial charge on any atom is 0.266 e. The van der Waals surface area contributed by atoms with Crippen molar-refractivity contribution in [3.63, 3.8) is 0 Å². The fraction of sp³-hybridized carbons (Fsp3) is 0. The van der Waals surface area contributed by atoms with Gasteiger partial charge in [0.1, 0.15) is 0 Å². The second-order valence-electron chi connectivity index (χ2n) is 4.65. The van der Waals surface area contributed by atoms with Crippen LogP contribution in [-0.4, -0.2) is 20.2 Å². The average molecular weight is 337 g/mol. The Morgan fingerprint density at radius 3 is 2.00 bits per heavy atom. The van der Waals surface area contributed by atoms with E-state index in [9.17, 15) is 18.0 Å². The van der Waals surface area contributed by atoms with Crippen molar-refractivity contribution in [2.75, 3.05) is 4.90 Å². The Labute approximate surface area is 131 Å². The molecule has 0 aromatic heterocycles. The molecule has 8 heteroatoms. The lowest BCUT2D eigenvalue weighted by molar-refractivity contribution is 0.0926. The molecular weight excluding hydrogens is 328 g/mol. The number of hydrogen-bond acceptors (Lipinski definition) is 4. The van der Waals surface area contributed by atoms with Gasteiger partial charge in [0.05, 0.1) is 26.7 Å². The number of amides is 2. The van der Waals surface area contributed by atoms with Gasteiger partial charge in [0, 0.05) is 0 Å². The number of halogens is 1. The van der Waals surface area contributed by atoms with Crippen LogP contribution < -0.4 is 10.0 Å².